The number of aryl methyl sites for hydroxylation is 3. The molecule has 1 aliphatic heterocycles. The predicted molar refractivity (Wildman–Crippen MR) is 93.1 cm³/mol. The van der Waals surface area contributed by atoms with E-state index in [1.807, 2.05) is 30.7 Å². The van der Waals surface area contributed by atoms with E-state index < -0.39 is 0 Å². The van der Waals surface area contributed by atoms with Crippen LogP contribution in [-0.2, 0) is 11.3 Å². The van der Waals surface area contributed by atoms with E-state index in [4.69, 9.17) is 0 Å². The van der Waals surface area contributed by atoms with Crippen molar-refractivity contribution in [1.29, 1.82) is 0 Å². The van der Waals surface area contributed by atoms with Crippen LogP contribution in [0.1, 0.15) is 17.8 Å². The molecular formula is C17H24N6O2. The van der Waals surface area contributed by atoms with Crippen molar-refractivity contribution < 1.29 is 9.90 Å². The van der Waals surface area contributed by atoms with Gasteiger partial charge in [0.15, 0.2) is 0 Å². The highest BCUT2D eigenvalue weighted by Gasteiger charge is 2.33. The maximum absolute atomic E-state index is 12.3. The highest BCUT2D eigenvalue weighted by atomic mass is 16.3. The van der Waals surface area contributed by atoms with Gasteiger partial charge in [-0.1, -0.05) is 0 Å². The number of hydrogen-bond acceptors (Lipinski definition) is 6. The van der Waals surface area contributed by atoms with Crippen LogP contribution >= 0.6 is 0 Å². The molecule has 2 aromatic rings. The lowest BCUT2D eigenvalue weighted by atomic mass is 10.1. The van der Waals surface area contributed by atoms with Crippen LogP contribution in [0.2, 0.25) is 0 Å². The summed E-state index contributed by atoms with van der Waals surface area (Å²) in [5.74, 6) is 0.779. The summed E-state index contributed by atoms with van der Waals surface area (Å²) in [4.78, 5) is 22.5. The third kappa shape index (κ3) is 4.14. The Balaban J connectivity index is 1.55. The molecule has 134 valence electrons. The largest absolute Gasteiger partial charge is 0.396 e. The number of carbonyl (C=O) groups excluding carboxylic acids is 1. The number of carbonyl (C=O) groups is 1. The molecule has 8 nitrogen and oxygen atoms in total. The Labute approximate surface area is 146 Å². The lowest BCUT2D eigenvalue weighted by Crippen LogP contribution is -2.42. The minimum atomic E-state index is -0.0899. The van der Waals surface area contributed by atoms with Crippen molar-refractivity contribution in [3.8, 4) is 0 Å². The maximum atomic E-state index is 12.3. The fourth-order valence-electron chi connectivity index (χ4n) is 3.27. The summed E-state index contributed by atoms with van der Waals surface area (Å²) in [6.07, 6.45) is 3.56. The van der Waals surface area contributed by atoms with Crippen molar-refractivity contribution in [2.45, 2.75) is 32.9 Å². The van der Waals surface area contributed by atoms with Crippen molar-refractivity contribution in [3.05, 3.63) is 36.0 Å². The van der Waals surface area contributed by atoms with E-state index in [1.165, 1.54) is 6.33 Å². The Bertz CT molecular complexity index is 717. The Morgan fingerprint density at radius 3 is 2.88 bits per heavy atom. The molecule has 2 atom stereocenters. The molecule has 0 bridgehead atoms. The molecule has 2 aromatic heterocycles. The summed E-state index contributed by atoms with van der Waals surface area (Å²) in [5, 5.41) is 17.1. The molecule has 0 aromatic carbocycles. The molecule has 0 saturated carbocycles. The van der Waals surface area contributed by atoms with E-state index in [0.29, 0.717) is 26.1 Å². The molecule has 0 aliphatic carbocycles. The van der Waals surface area contributed by atoms with Gasteiger partial charge in [-0.25, -0.2) is 9.97 Å². The summed E-state index contributed by atoms with van der Waals surface area (Å²) in [7, 11) is 0. The van der Waals surface area contributed by atoms with Crippen molar-refractivity contribution in [2.24, 2.45) is 5.92 Å². The van der Waals surface area contributed by atoms with Gasteiger partial charge in [0.05, 0.1) is 11.7 Å². The molecule has 8 heteroatoms. The number of aromatic nitrogens is 4. The van der Waals surface area contributed by atoms with E-state index in [-0.39, 0.29) is 24.5 Å². The molecule has 0 unspecified atom stereocenters. The van der Waals surface area contributed by atoms with E-state index in [1.54, 1.807) is 6.20 Å². The van der Waals surface area contributed by atoms with E-state index in [9.17, 15) is 9.90 Å². The van der Waals surface area contributed by atoms with Crippen LogP contribution in [0.5, 0.6) is 0 Å². The highest BCUT2D eigenvalue weighted by molar-refractivity contribution is 5.76. The minimum absolute atomic E-state index is 0.00685. The second-order valence-electron chi connectivity index (χ2n) is 6.49. The number of aliphatic hydroxyl groups excluding tert-OH is 1. The average Bonchev–Trinajstić information content (AvgIpc) is 3.16. The molecule has 0 radical (unpaired) electrons. The summed E-state index contributed by atoms with van der Waals surface area (Å²) in [5.41, 5.74) is 2.00. The molecule has 1 saturated heterocycles. The van der Waals surface area contributed by atoms with Gasteiger partial charge in [-0.2, -0.15) is 5.10 Å². The highest BCUT2D eigenvalue weighted by Crippen LogP contribution is 2.21. The Morgan fingerprint density at radius 1 is 1.40 bits per heavy atom. The lowest BCUT2D eigenvalue weighted by Gasteiger charge is -2.18. The predicted octanol–water partition coefficient (Wildman–Crippen LogP) is 0.294. The number of rotatable bonds is 6. The fourth-order valence-corrected chi connectivity index (χ4v) is 3.27. The van der Waals surface area contributed by atoms with Gasteiger partial charge in [0.2, 0.25) is 5.91 Å². The zero-order valence-corrected chi connectivity index (χ0v) is 14.6. The lowest BCUT2D eigenvalue weighted by molar-refractivity contribution is -0.122. The first-order chi connectivity index (χ1) is 12.1. The monoisotopic (exact) mass is 344 g/mol. The van der Waals surface area contributed by atoms with Gasteiger partial charge in [-0.15, -0.1) is 0 Å². The van der Waals surface area contributed by atoms with Gasteiger partial charge in [-0.05, 0) is 26.0 Å². The number of nitrogens with zero attached hydrogens (tertiary/aromatic N) is 5. The summed E-state index contributed by atoms with van der Waals surface area (Å²) < 4.78 is 1.85. The van der Waals surface area contributed by atoms with Crippen LogP contribution in [0, 0.1) is 19.8 Å². The van der Waals surface area contributed by atoms with Crippen LogP contribution in [0.4, 0.5) is 5.82 Å². The van der Waals surface area contributed by atoms with Crippen molar-refractivity contribution in [2.75, 3.05) is 24.6 Å². The van der Waals surface area contributed by atoms with Crippen LogP contribution in [0.25, 0.3) is 0 Å². The first kappa shape index (κ1) is 17.3. The first-order valence-corrected chi connectivity index (χ1v) is 8.49. The Morgan fingerprint density at radius 2 is 2.24 bits per heavy atom. The Hall–Kier alpha value is -2.48. The van der Waals surface area contributed by atoms with Crippen molar-refractivity contribution in [1.82, 2.24) is 25.1 Å². The third-order valence-electron chi connectivity index (χ3n) is 4.57. The quantitative estimate of drug-likeness (QED) is 0.782. The molecule has 25 heavy (non-hydrogen) atoms. The van der Waals surface area contributed by atoms with E-state index in [2.05, 4.69) is 25.3 Å². The van der Waals surface area contributed by atoms with Gasteiger partial charge in [-0.3, -0.25) is 9.48 Å². The van der Waals surface area contributed by atoms with Gasteiger partial charge >= 0.3 is 0 Å². The zero-order chi connectivity index (χ0) is 17.8. The van der Waals surface area contributed by atoms with E-state index >= 15 is 0 Å². The normalized spacial score (nSPS) is 20.0. The Kier molecular flexibility index (Phi) is 5.28. The number of nitrogens with one attached hydrogen (secondary N) is 1. The standard InChI is InChI=1S/C17H24N6O2/c1-12-7-13(2)23(21-12)6-4-17(25)20-15-9-22(8-14(15)10-24)16-3-5-18-11-19-16/h3,5,7,11,14-15,24H,4,6,8-10H2,1-2H3,(H,20,25)/t14-,15+/m0/s1. The molecule has 2 N–H and O–H groups in total. The maximum Gasteiger partial charge on any atom is 0.222 e. The minimum Gasteiger partial charge on any atom is -0.396 e. The molecule has 1 fully saturated rings. The summed E-state index contributed by atoms with van der Waals surface area (Å²) in [6.45, 7) is 5.80. The first-order valence-electron chi connectivity index (χ1n) is 8.49. The molecule has 3 heterocycles. The van der Waals surface area contributed by atoms with Crippen molar-refractivity contribution in [3.63, 3.8) is 0 Å². The third-order valence-corrected chi connectivity index (χ3v) is 4.57. The van der Waals surface area contributed by atoms with Gasteiger partial charge in [0.25, 0.3) is 0 Å². The number of amides is 1. The smallest absolute Gasteiger partial charge is 0.222 e. The number of hydrogen-bond donors (Lipinski definition) is 2. The van der Waals surface area contributed by atoms with Crippen LogP contribution in [0.3, 0.4) is 0 Å². The fraction of sp³-hybridized carbons (Fsp3) is 0.529. The zero-order valence-electron chi connectivity index (χ0n) is 14.6. The van der Waals surface area contributed by atoms with Gasteiger partial charge in [0.1, 0.15) is 12.1 Å². The molecule has 1 amide bonds. The second kappa shape index (κ2) is 7.60. The molecule has 3 rings (SSSR count). The van der Waals surface area contributed by atoms with Crippen molar-refractivity contribution >= 4 is 11.7 Å². The van der Waals surface area contributed by atoms with Crippen LogP contribution in [-0.4, -0.2) is 56.5 Å². The molecular weight excluding hydrogens is 320 g/mol. The van der Waals surface area contributed by atoms with Gasteiger partial charge in [0, 0.05) is 50.5 Å². The average molecular weight is 344 g/mol. The number of anilines is 1. The van der Waals surface area contributed by atoms with Crippen LogP contribution in [0.15, 0.2) is 24.7 Å². The molecule has 0 spiro atoms. The molecule has 1 aliphatic rings. The number of aliphatic hydroxyl groups is 1. The topological polar surface area (TPSA) is 96.2 Å². The second-order valence-corrected chi connectivity index (χ2v) is 6.49. The van der Waals surface area contributed by atoms with Gasteiger partial charge < -0.3 is 15.3 Å². The van der Waals surface area contributed by atoms with Crippen LogP contribution < -0.4 is 10.2 Å². The SMILES string of the molecule is Cc1cc(C)n(CCC(=O)N[C@@H]2CN(c3ccncn3)C[C@H]2CO)n1. The van der Waals surface area contributed by atoms with E-state index in [0.717, 1.165) is 17.2 Å². The summed E-state index contributed by atoms with van der Waals surface area (Å²) >= 11 is 0. The summed E-state index contributed by atoms with van der Waals surface area (Å²) in [6, 6.07) is 3.74.